The molecule has 3 aromatic carbocycles. The van der Waals surface area contributed by atoms with E-state index in [1.807, 2.05) is 60.7 Å². The fraction of sp³-hybridized carbons (Fsp3) is 0.382. The number of nitrogens with zero attached hydrogens (tertiary/aromatic N) is 1. The Labute approximate surface area is 240 Å². The van der Waals surface area contributed by atoms with Gasteiger partial charge in [-0.2, -0.15) is 0 Å². The first-order valence-corrected chi connectivity index (χ1v) is 14.5. The Bertz CT molecular complexity index is 1330. The van der Waals surface area contributed by atoms with Gasteiger partial charge >= 0.3 is 5.97 Å². The summed E-state index contributed by atoms with van der Waals surface area (Å²) >= 11 is 0. The molecule has 0 aromatic heterocycles. The van der Waals surface area contributed by atoms with E-state index >= 15 is 0 Å². The Morgan fingerprint density at radius 3 is 2.10 bits per heavy atom. The molecule has 2 aliphatic rings. The molecule has 7 heteroatoms. The van der Waals surface area contributed by atoms with Crippen molar-refractivity contribution < 1.29 is 23.5 Å². The van der Waals surface area contributed by atoms with Gasteiger partial charge in [0.05, 0.1) is 19.1 Å². The van der Waals surface area contributed by atoms with Gasteiger partial charge in [0, 0.05) is 18.9 Å². The molecule has 1 saturated carbocycles. The Morgan fingerprint density at radius 1 is 0.878 bits per heavy atom. The van der Waals surface area contributed by atoms with Crippen molar-refractivity contribution >= 4 is 17.8 Å². The molecule has 5 rings (SSSR count). The number of methoxy groups -OCH3 is 1. The van der Waals surface area contributed by atoms with Crippen LogP contribution in [0.25, 0.3) is 0 Å². The summed E-state index contributed by atoms with van der Waals surface area (Å²) in [5.74, 6) is -2.23. The third kappa shape index (κ3) is 6.34. The lowest BCUT2D eigenvalue weighted by Gasteiger charge is -2.32. The SMILES string of the molecule is COC(=O)C1C(c2ccccc2)C(C(=O)NCc2ccc(F)cc2)N(C(=O)CCC2CCCC2)C1c1ccccc1. The molecule has 1 N–H and O–H groups in total. The van der Waals surface area contributed by atoms with Crippen molar-refractivity contribution in [2.24, 2.45) is 11.8 Å². The molecule has 0 spiro atoms. The maximum absolute atomic E-state index is 14.2. The summed E-state index contributed by atoms with van der Waals surface area (Å²) in [6.45, 7) is 0.167. The number of likely N-dealkylation sites (tertiary alicyclic amines) is 1. The van der Waals surface area contributed by atoms with Crippen molar-refractivity contribution in [1.82, 2.24) is 10.2 Å². The van der Waals surface area contributed by atoms with Gasteiger partial charge in [-0.3, -0.25) is 14.4 Å². The van der Waals surface area contributed by atoms with Gasteiger partial charge in [0.25, 0.3) is 0 Å². The lowest BCUT2D eigenvalue weighted by molar-refractivity contribution is -0.147. The van der Waals surface area contributed by atoms with E-state index in [0.29, 0.717) is 12.3 Å². The summed E-state index contributed by atoms with van der Waals surface area (Å²) in [5.41, 5.74) is 2.31. The van der Waals surface area contributed by atoms with Crippen LogP contribution in [0.15, 0.2) is 84.9 Å². The molecule has 1 heterocycles. The van der Waals surface area contributed by atoms with Crippen molar-refractivity contribution in [1.29, 1.82) is 0 Å². The first kappa shape index (κ1) is 28.5. The minimum absolute atomic E-state index is 0.139. The van der Waals surface area contributed by atoms with E-state index in [1.165, 1.54) is 32.1 Å². The van der Waals surface area contributed by atoms with Crippen molar-refractivity contribution in [2.45, 2.75) is 63.1 Å². The molecular formula is C34H37FN2O4. The van der Waals surface area contributed by atoms with Gasteiger partial charge in [-0.05, 0) is 41.2 Å². The number of halogens is 1. The van der Waals surface area contributed by atoms with Crippen LogP contribution < -0.4 is 5.32 Å². The van der Waals surface area contributed by atoms with Crippen LogP contribution in [0.1, 0.15) is 67.2 Å². The summed E-state index contributed by atoms with van der Waals surface area (Å²) in [6, 6.07) is 23.2. The number of amides is 2. The molecule has 3 aromatic rings. The molecule has 4 unspecified atom stereocenters. The number of carbonyl (C=O) groups excluding carboxylic acids is 3. The van der Waals surface area contributed by atoms with E-state index in [0.717, 1.165) is 36.0 Å². The lowest BCUT2D eigenvalue weighted by atomic mass is 9.80. The van der Waals surface area contributed by atoms with Crippen LogP contribution in [0.5, 0.6) is 0 Å². The highest BCUT2D eigenvalue weighted by molar-refractivity contribution is 5.92. The maximum Gasteiger partial charge on any atom is 0.311 e. The zero-order valence-electron chi connectivity index (χ0n) is 23.4. The minimum Gasteiger partial charge on any atom is -0.469 e. The van der Waals surface area contributed by atoms with Crippen LogP contribution >= 0.6 is 0 Å². The van der Waals surface area contributed by atoms with Gasteiger partial charge in [0.2, 0.25) is 11.8 Å². The van der Waals surface area contributed by atoms with Gasteiger partial charge < -0.3 is 15.0 Å². The third-order valence-corrected chi connectivity index (χ3v) is 8.64. The van der Waals surface area contributed by atoms with Crippen LogP contribution in [0.4, 0.5) is 4.39 Å². The van der Waals surface area contributed by atoms with E-state index in [-0.39, 0.29) is 24.2 Å². The fourth-order valence-corrected chi connectivity index (χ4v) is 6.66. The fourth-order valence-electron chi connectivity index (χ4n) is 6.66. The molecule has 1 aliphatic heterocycles. The van der Waals surface area contributed by atoms with Gasteiger partial charge in [-0.25, -0.2) is 4.39 Å². The Balaban J connectivity index is 1.56. The summed E-state index contributed by atoms with van der Waals surface area (Å²) in [6.07, 6.45) is 5.68. The highest BCUT2D eigenvalue weighted by atomic mass is 19.1. The Kier molecular flexibility index (Phi) is 9.12. The predicted molar refractivity (Wildman–Crippen MR) is 154 cm³/mol. The smallest absolute Gasteiger partial charge is 0.311 e. The number of hydrogen-bond acceptors (Lipinski definition) is 4. The second-order valence-electron chi connectivity index (χ2n) is 11.1. The predicted octanol–water partition coefficient (Wildman–Crippen LogP) is 5.94. The van der Waals surface area contributed by atoms with Crippen LogP contribution in [-0.4, -0.2) is 35.8 Å². The van der Waals surface area contributed by atoms with Crippen LogP contribution in [0, 0.1) is 17.7 Å². The summed E-state index contributed by atoms with van der Waals surface area (Å²) in [7, 11) is 1.35. The standard InChI is InChI=1S/C34H37FN2O4/c1-41-34(40)30-29(25-12-4-2-5-13-25)32(33(39)36-22-24-16-19-27(35)20-17-24)37(31(30)26-14-6-3-7-15-26)28(38)21-18-23-10-8-9-11-23/h2-7,12-17,19-20,23,29-32H,8-11,18,21-22H2,1H3,(H,36,39). The zero-order chi connectivity index (χ0) is 28.8. The first-order valence-electron chi connectivity index (χ1n) is 14.5. The van der Waals surface area contributed by atoms with Gasteiger partial charge in [-0.15, -0.1) is 0 Å². The molecule has 0 bridgehead atoms. The second-order valence-corrected chi connectivity index (χ2v) is 11.1. The lowest BCUT2D eigenvalue weighted by Crippen LogP contribution is -2.48. The van der Waals surface area contributed by atoms with E-state index in [1.54, 1.807) is 17.0 Å². The quantitative estimate of drug-likeness (QED) is 0.331. The summed E-state index contributed by atoms with van der Waals surface area (Å²) < 4.78 is 18.8. The molecule has 41 heavy (non-hydrogen) atoms. The summed E-state index contributed by atoms with van der Waals surface area (Å²) in [4.78, 5) is 43.6. The normalized spacial score (nSPS) is 22.4. The van der Waals surface area contributed by atoms with Crippen LogP contribution in [0.2, 0.25) is 0 Å². The molecular weight excluding hydrogens is 519 g/mol. The Morgan fingerprint density at radius 2 is 1.49 bits per heavy atom. The zero-order valence-corrected chi connectivity index (χ0v) is 23.4. The molecule has 0 radical (unpaired) electrons. The number of ether oxygens (including phenoxy) is 1. The van der Waals surface area contributed by atoms with E-state index < -0.39 is 29.9 Å². The highest BCUT2D eigenvalue weighted by Crippen LogP contribution is 2.51. The molecule has 6 nitrogen and oxygen atoms in total. The number of benzene rings is 3. The number of esters is 1. The highest BCUT2D eigenvalue weighted by Gasteiger charge is 2.57. The molecule has 1 aliphatic carbocycles. The molecule has 4 atom stereocenters. The first-order chi connectivity index (χ1) is 20.0. The number of nitrogens with one attached hydrogen (secondary N) is 1. The maximum atomic E-state index is 14.2. The van der Waals surface area contributed by atoms with Crippen molar-refractivity contribution in [2.75, 3.05) is 7.11 Å². The average Bonchev–Trinajstić information content (AvgIpc) is 3.66. The van der Waals surface area contributed by atoms with Crippen molar-refractivity contribution in [3.8, 4) is 0 Å². The topological polar surface area (TPSA) is 75.7 Å². The largest absolute Gasteiger partial charge is 0.469 e. The molecule has 214 valence electrons. The van der Waals surface area contributed by atoms with Crippen molar-refractivity contribution in [3.63, 3.8) is 0 Å². The minimum atomic E-state index is -0.941. The van der Waals surface area contributed by atoms with Crippen LogP contribution in [-0.2, 0) is 25.7 Å². The molecule has 2 amide bonds. The Hall–Kier alpha value is -4.00. The average molecular weight is 557 g/mol. The number of hydrogen-bond donors (Lipinski definition) is 1. The van der Waals surface area contributed by atoms with E-state index in [4.69, 9.17) is 4.74 Å². The van der Waals surface area contributed by atoms with Crippen LogP contribution in [0.3, 0.4) is 0 Å². The van der Waals surface area contributed by atoms with Gasteiger partial charge in [0.15, 0.2) is 0 Å². The third-order valence-electron chi connectivity index (χ3n) is 8.64. The summed E-state index contributed by atoms with van der Waals surface area (Å²) in [5, 5.41) is 2.98. The van der Waals surface area contributed by atoms with E-state index in [2.05, 4.69) is 5.32 Å². The molecule has 2 fully saturated rings. The number of rotatable bonds is 9. The van der Waals surface area contributed by atoms with E-state index in [9.17, 15) is 18.8 Å². The van der Waals surface area contributed by atoms with Gasteiger partial charge in [0.1, 0.15) is 11.9 Å². The number of carbonyl (C=O) groups is 3. The molecule has 1 saturated heterocycles. The second kappa shape index (κ2) is 13.1. The van der Waals surface area contributed by atoms with Gasteiger partial charge in [-0.1, -0.05) is 98.5 Å². The van der Waals surface area contributed by atoms with Crippen molar-refractivity contribution in [3.05, 3.63) is 107 Å². The monoisotopic (exact) mass is 556 g/mol.